The minimum atomic E-state index is -3.93. The van der Waals surface area contributed by atoms with Crippen molar-refractivity contribution in [2.45, 2.75) is 11.8 Å². The molecule has 0 bridgehead atoms. The van der Waals surface area contributed by atoms with Crippen LogP contribution in [-0.4, -0.2) is 33.4 Å². The second-order valence-electron chi connectivity index (χ2n) is 5.12. The first-order valence-corrected chi connectivity index (χ1v) is 9.12. The number of esters is 1. The summed E-state index contributed by atoms with van der Waals surface area (Å²) >= 11 is 0. The van der Waals surface area contributed by atoms with Gasteiger partial charge in [0.1, 0.15) is 5.82 Å². The number of amides is 1. The molecule has 0 aliphatic carbocycles. The third-order valence-electron chi connectivity index (χ3n) is 3.23. The van der Waals surface area contributed by atoms with E-state index in [9.17, 15) is 22.4 Å². The first-order chi connectivity index (χ1) is 12.3. The lowest BCUT2D eigenvalue weighted by Crippen LogP contribution is -2.32. The van der Waals surface area contributed by atoms with Crippen LogP contribution < -0.4 is 10.0 Å². The van der Waals surface area contributed by atoms with E-state index in [0.29, 0.717) is 5.69 Å². The maximum Gasteiger partial charge on any atom is 0.338 e. The van der Waals surface area contributed by atoms with Crippen LogP contribution in [0.2, 0.25) is 0 Å². The van der Waals surface area contributed by atoms with E-state index >= 15 is 0 Å². The lowest BCUT2D eigenvalue weighted by molar-refractivity contribution is -0.115. The van der Waals surface area contributed by atoms with Crippen LogP contribution in [0.25, 0.3) is 0 Å². The monoisotopic (exact) mass is 380 g/mol. The van der Waals surface area contributed by atoms with Crippen LogP contribution in [0.3, 0.4) is 0 Å². The van der Waals surface area contributed by atoms with Crippen molar-refractivity contribution in [3.05, 3.63) is 59.9 Å². The van der Waals surface area contributed by atoms with Gasteiger partial charge in [-0.25, -0.2) is 22.3 Å². The Labute approximate surface area is 150 Å². The van der Waals surface area contributed by atoms with Crippen molar-refractivity contribution in [3.8, 4) is 0 Å². The molecule has 0 heterocycles. The Morgan fingerprint density at radius 1 is 1.04 bits per heavy atom. The maximum absolute atomic E-state index is 12.8. The molecule has 2 N–H and O–H groups in total. The van der Waals surface area contributed by atoms with Gasteiger partial charge in [-0.2, -0.15) is 0 Å². The van der Waals surface area contributed by atoms with E-state index < -0.39 is 34.3 Å². The number of anilines is 1. The third-order valence-corrected chi connectivity index (χ3v) is 4.64. The number of carbonyl (C=O) groups is 2. The van der Waals surface area contributed by atoms with Gasteiger partial charge in [0.25, 0.3) is 0 Å². The molecule has 2 rings (SSSR count). The predicted molar refractivity (Wildman–Crippen MR) is 92.6 cm³/mol. The highest BCUT2D eigenvalue weighted by atomic mass is 32.2. The minimum Gasteiger partial charge on any atom is -0.462 e. The number of hydrogen-bond acceptors (Lipinski definition) is 5. The smallest absolute Gasteiger partial charge is 0.338 e. The van der Waals surface area contributed by atoms with Crippen LogP contribution in [0.15, 0.2) is 53.4 Å². The molecule has 26 heavy (non-hydrogen) atoms. The molecule has 2 aromatic carbocycles. The fourth-order valence-corrected chi connectivity index (χ4v) is 2.95. The van der Waals surface area contributed by atoms with Crippen molar-refractivity contribution in [2.24, 2.45) is 0 Å². The molecule has 0 saturated heterocycles. The molecule has 2 aromatic rings. The van der Waals surface area contributed by atoms with Gasteiger partial charge >= 0.3 is 5.97 Å². The Morgan fingerprint density at radius 3 is 2.23 bits per heavy atom. The average molecular weight is 380 g/mol. The molecular formula is C17H17FN2O5S. The summed E-state index contributed by atoms with van der Waals surface area (Å²) in [5.41, 5.74) is 0.564. The molecule has 0 saturated carbocycles. The van der Waals surface area contributed by atoms with Gasteiger partial charge < -0.3 is 10.1 Å². The Kier molecular flexibility index (Phi) is 6.42. The van der Waals surface area contributed by atoms with Gasteiger partial charge in [-0.1, -0.05) is 0 Å². The van der Waals surface area contributed by atoms with Crippen LogP contribution in [0.1, 0.15) is 17.3 Å². The zero-order valence-electron chi connectivity index (χ0n) is 13.9. The Hall–Kier alpha value is -2.78. The van der Waals surface area contributed by atoms with Gasteiger partial charge in [0.15, 0.2) is 0 Å². The van der Waals surface area contributed by atoms with Crippen molar-refractivity contribution in [2.75, 3.05) is 18.5 Å². The van der Waals surface area contributed by atoms with Crippen molar-refractivity contribution in [1.29, 1.82) is 0 Å². The van der Waals surface area contributed by atoms with Gasteiger partial charge in [0.05, 0.1) is 23.6 Å². The summed E-state index contributed by atoms with van der Waals surface area (Å²) in [5, 5.41) is 2.44. The normalized spacial score (nSPS) is 11.0. The van der Waals surface area contributed by atoms with Crippen LogP contribution in [0, 0.1) is 5.82 Å². The zero-order valence-corrected chi connectivity index (χ0v) is 14.7. The molecule has 0 aromatic heterocycles. The minimum absolute atomic E-state index is 0.0971. The van der Waals surface area contributed by atoms with Crippen molar-refractivity contribution >= 4 is 27.6 Å². The van der Waals surface area contributed by atoms with Crippen molar-refractivity contribution < 1.29 is 27.1 Å². The van der Waals surface area contributed by atoms with Crippen LogP contribution in [0.4, 0.5) is 10.1 Å². The van der Waals surface area contributed by atoms with Crippen molar-refractivity contribution in [1.82, 2.24) is 4.72 Å². The molecule has 138 valence electrons. The molecule has 7 nitrogen and oxygen atoms in total. The average Bonchev–Trinajstić information content (AvgIpc) is 2.62. The number of carbonyl (C=O) groups excluding carboxylic acids is 2. The van der Waals surface area contributed by atoms with Gasteiger partial charge in [-0.15, -0.1) is 0 Å². The summed E-state index contributed by atoms with van der Waals surface area (Å²) in [6.45, 7) is 1.38. The Balaban J connectivity index is 1.96. The van der Waals surface area contributed by atoms with Gasteiger partial charge in [0, 0.05) is 5.69 Å². The highest BCUT2D eigenvalue weighted by Gasteiger charge is 2.16. The van der Waals surface area contributed by atoms with E-state index in [4.69, 9.17) is 4.74 Å². The predicted octanol–water partition coefficient (Wildman–Crippen LogP) is 1.92. The molecule has 9 heteroatoms. The van der Waals surface area contributed by atoms with E-state index in [1.54, 1.807) is 6.92 Å². The second kappa shape index (κ2) is 8.54. The Bertz CT molecular complexity index is 880. The molecule has 0 spiro atoms. The third kappa shape index (κ3) is 5.36. The highest BCUT2D eigenvalue weighted by Crippen LogP contribution is 2.12. The summed E-state index contributed by atoms with van der Waals surface area (Å²) in [6.07, 6.45) is 0. The number of hydrogen-bond donors (Lipinski definition) is 2. The van der Waals surface area contributed by atoms with E-state index in [-0.39, 0.29) is 17.1 Å². The maximum atomic E-state index is 12.8. The molecular weight excluding hydrogens is 363 g/mol. The number of halogens is 1. The molecule has 0 radical (unpaired) electrons. The van der Waals surface area contributed by atoms with E-state index in [1.165, 1.54) is 48.5 Å². The van der Waals surface area contributed by atoms with Crippen molar-refractivity contribution in [3.63, 3.8) is 0 Å². The lowest BCUT2D eigenvalue weighted by Gasteiger charge is -2.08. The first kappa shape index (κ1) is 19.5. The van der Waals surface area contributed by atoms with Gasteiger partial charge in [-0.3, -0.25) is 4.79 Å². The molecule has 1 amide bonds. The fourth-order valence-electron chi connectivity index (χ4n) is 1.97. The van der Waals surface area contributed by atoms with E-state index in [1.807, 2.05) is 0 Å². The summed E-state index contributed by atoms with van der Waals surface area (Å²) in [6, 6.07) is 10.2. The van der Waals surface area contributed by atoms with Gasteiger partial charge in [0.2, 0.25) is 15.9 Å². The number of ether oxygens (including phenoxy) is 1. The lowest BCUT2D eigenvalue weighted by atomic mass is 10.2. The SMILES string of the molecule is CCOC(=O)c1ccc(S(=O)(=O)NCC(=O)Nc2ccc(F)cc2)cc1. The summed E-state index contributed by atoms with van der Waals surface area (Å²) in [5.74, 6) is -1.61. The summed E-state index contributed by atoms with van der Waals surface area (Å²) in [4.78, 5) is 23.3. The fraction of sp³-hybridized carbons (Fsp3) is 0.176. The molecule has 0 aliphatic heterocycles. The van der Waals surface area contributed by atoms with E-state index in [0.717, 1.165) is 0 Å². The standard InChI is InChI=1S/C17H17FN2O5S/c1-2-25-17(22)12-3-9-15(10-4-12)26(23,24)19-11-16(21)20-14-7-5-13(18)6-8-14/h3-10,19H,2,11H2,1H3,(H,20,21). The number of nitrogens with one attached hydrogen (secondary N) is 2. The summed E-state index contributed by atoms with van der Waals surface area (Å²) in [7, 11) is -3.93. The van der Waals surface area contributed by atoms with Crippen LogP contribution >= 0.6 is 0 Å². The van der Waals surface area contributed by atoms with E-state index in [2.05, 4.69) is 10.0 Å². The number of benzene rings is 2. The topological polar surface area (TPSA) is 102 Å². The molecule has 0 atom stereocenters. The number of rotatable bonds is 7. The number of sulfonamides is 1. The summed E-state index contributed by atoms with van der Waals surface area (Å²) < 4.78 is 44.1. The zero-order chi connectivity index (χ0) is 19.2. The van der Waals surface area contributed by atoms with Crippen LogP contribution in [0.5, 0.6) is 0 Å². The highest BCUT2D eigenvalue weighted by molar-refractivity contribution is 7.89. The quantitative estimate of drug-likeness (QED) is 0.715. The largest absolute Gasteiger partial charge is 0.462 e. The molecule has 0 fully saturated rings. The second-order valence-corrected chi connectivity index (χ2v) is 6.89. The van der Waals surface area contributed by atoms with Gasteiger partial charge in [-0.05, 0) is 55.5 Å². The molecule has 0 unspecified atom stereocenters. The first-order valence-electron chi connectivity index (χ1n) is 7.64. The van der Waals surface area contributed by atoms with Crippen LogP contribution in [-0.2, 0) is 19.6 Å². The Morgan fingerprint density at radius 2 is 1.65 bits per heavy atom. The molecule has 0 aliphatic rings.